The van der Waals surface area contributed by atoms with Gasteiger partial charge >= 0.3 is 0 Å². The molecule has 1 atom stereocenters. The van der Waals surface area contributed by atoms with Crippen molar-refractivity contribution in [2.45, 2.75) is 35.4 Å². The Labute approximate surface area is 145 Å². The Morgan fingerprint density at radius 3 is 3.08 bits per heavy atom. The highest BCUT2D eigenvalue weighted by Crippen LogP contribution is 2.32. The lowest BCUT2D eigenvalue weighted by Gasteiger charge is -2.09. The SMILES string of the molecule is C[C@H](Sc1nnc(NC2CC2)s1)C(=O)Nc1ncnc2nc[nH]c12. The molecule has 9 nitrogen and oxygen atoms in total. The molecule has 3 N–H and O–H groups in total. The smallest absolute Gasteiger partial charge is 0.238 e. The van der Waals surface area contributed by atoms with Gasteiger partial charge in [0.25, 0.3) is 0 Å². The molecule has 11 heteroatoms. The maximum atomic E-state index is 12.4. The third-order valence-electron chi connectivity index (χ3n) is 3.42. The molecule has 1 fully saturated rings. The average Bonchev–Trinajstić information content (AvgIpc) is 3.07. The summed E-state index contributed by atoms with van der Waals surface area (Å²) in [5.41, 5.74) is 1.12. The molecule has 24 heavy (non-hydrogen) atoms. The van der Waals surface area contributed by atoms with Crippen LogP contribution in [-0.4, -0.2) is 47.3 Å². The molecule has 4 rings (SSSR count). The topological polar surface area (TPSA) is 121 Å². The Bertz CT molecular complexity index is 874. The van der Waals surface area contributed by atoms with Gasteiger partial charge in [0.1, 0.15) is 11.8 Å². The number of aromatic amines is 1. The van der Waals surface area contributed by atoms with Crippen molar-refractivity contribution in [2.24, 2.45) is 0 Å². The van der Waals surface area contributed by atoms with E-state index in [1.807, 2.05) is 6.92 Å². The number of hydrogen-bond donors (Lipinski definition) is 3. The number of aromatic nitrogens is 6. The van der Waals surface area contributed by atoms with Crippen molar-refractivity contribution < 1.29 is 4.79 Å². The summed E-state index contributed by atoms with van der Waals surface area (Å²) in [6, 6.07) is 0.533. The summed E-state index contributed by atoms with van der Waals surface area (Å²) >= 11 is 2.84. The van der Waals surface area contributed by atoms with Crippen LogP contribution in [0.1, 0.15) is 19.8 Å². The Kier molecular flexibility index (Phi) is 4.02. The molecular weight excluding hydrogens is 348 g/mol. The number of rotatable bonds is 6. The third-order valence-corrected chi connectivity index (χ3v) is 5.46. The number of carbonyl (C=O) groups excluding carboxylic acids is 1. The first-order chi connectivity index (χ1) is 11.7. The number of fused-ring (bicyclic) bond motifs is 1. The van der Waals surface area contributed by atoms with Gasteiger partial charge in [-0.15, -0.1) is 10.2 Å². The van der Waals surface area contributed by atoms with Gasteiger partial charge in [0.2, 0.25) is 11.0 Å². The quantitative estimate of drug-likeness (QED) is 0.568. The van der Waals surface area contributed by atoms with E-state index in [0.29, 0.717) is 23.0 Å². The number of hydrogen-bond acceptors (Lipinski definition) is 9. The van der Waals surface area contributed by atoms with Gasteiger partial charge in [-0.3, -0.25) is 4.79 Å². The van der Waals surface area contributed by atoms with Gasteiger partial charge in [-0.25, -0.2) is 15.0 Å². The van der Waals surface area contributed by atoms with E-state index >= 15 is 0 Å². The highest BCUT2D eigenvalue weighted by Gasteiger charge is 2.23. The minimum atomic E-state index is -0.334. The molecule has 1 saturated carbocycles. The van der Waals surface area contributed by atoms with Gasteiger partial charge in [0, 0.05) is 6.04 Å². The lowest BCUT2D eigenvalue weighted by Crippen LogP contribution is -2.23. The molecule has 3 aromatic heterocycles. The van der Waals surface area contributed by atoms with Crippen molar-refractivity contribution in [3.8, 4) is 0 Å². The standard InChI is InChI=1S/C13H14N8OS2/c1-6(23-13-21-20-12(24-13)18-7-2-3-7)11(22)19-10-8-9(15-4-14-8)16-5-17-10/h4-7H,2-3H2,1H3,(H,18,20)(H2,14,15,16,17,19,22)/t6-/m0/s1. The first-order valence-corrected chi connectivity index (χ1v) is 9.10. The maximum absolute atomic E-state index is 12.4. The predicted octanol–water partition coefficient (Wildman–Crippen LogP) is 1.90. The number of carbonyl (C=O) groups is 1. The summed E-state index contributed by atoms with van der Waals surface area (Å²) in [6.07, 6.45) is 5.25. The minimum absolute atomic E-state index is 0.165. The molecule has 1 aliphatic rings. The zero-order valence-corrected chi connectivity index (χ0v) is 14.3. The van der Waals surface area contributed by atoms with Crippen LogP contribution in [0.15, 0.2) is 17.0 Å². The van der Waals surface area contributed by atoms with E-state index in [-0.39, 0.29) is 11.2 Å². The first-order valence-electron chi connectivity index (χ1n) is 7.40. The molecule has 0 aromatic carbocycles. The molecule has 0 aliphatic heterocycles. The van der Waals surface area contributed by atoms with Gasteiger partial charge < -0.3 is 15.6 Å². The normalized spacial score (nSPS) is 15.4. The van der Waals surface area contributed by atoms with Crippen LogP contribution in [0, 0.1) is 0 Å². The zero-order valence-electron chi connectivity index (χ0n) is 12.7. The second-order valence-corrected chi connectivity index (χ2v) is 7.93. The maximum Gasteiger partial charge on any atom is 0.238 e. The first kappa shape index (κ1) is 15.3. The average molecular weight is 362 g/mol. The molecule has 1 amide bonds. The number of nitrogens with zero attached hydrogens (tertiary/aromatic N) is 5. The molecule has 3 heterocycles. The van der Waals surface area contributed by atoms with Gasteiger partial charge in [-0.2, -0.15) is 0 Å². The van der Waals surface area contributed by atoms with Crippen molar-refractivity contribution in [1.82, 2.24) is 30.1 Å². The van der Waals surface area contributed by atoms with E-state index in [0.717, 1.165) is 9.47 Å². The highest BCUT2D eigenvalue weighted by molar-refractivity contribution is 8.02. The summed E-state index contributed by atoms with van der Waals surface area (Å²) in [6.45, 7) is 1.82. The van der Waals surface area contributed by atoms with Gasteiger partial charge in [-0.1, -0.05) is 23.1 Å². The largest absolute Gasteiger partial charge is 0.357 e. The number of amides is 1. The van der Waals surface area contributed by atoms with E-state index < -0.39 is 0 Å². The number of nitrogens with one attached hydrogen (secondary N) is 3. The molecule has 0 saturated heterocycles. The molecule has 1 aliphatic carbocycles. The summed E-state index contributed by atoms with van der Waals surface area (Å²) in [4.78, 5) is 27.5. The van der Waals surface area contributed by atoms with E-state index in [9.17, 15) is 4.79 Å². The fourth-order valence-corrected chi connectivity index (χ4v) is 3.97. The van der Waals surface area contributed by atoms with Crippen LogP contribution in [0.2, 0.25) is 0 Å². The van der Waals surface area contributed by atoms with Gasteiger partial charge in [0.05, 0.1) is 11.6 Å². The predicted molar refractivity (Wildman–Crippen MR) is 92.2 cm³/mol. The van der Waals surface area contributed by atoms with Gasteiger partial charge in [-0.05, 0) is 19.8 Å². The summed E-state index contributed by atoms with van der Waals surface area (Å²) in [7, 11) is 0. The lowest BCUT2D eigenvalue weighted by molar-refractivity contribution is -0.115. The molecule has 124 valence electrons. The fraction of sp³-hybridized carbons (Fsp3) is 0.385. The lowest BCUT2D eigenvalue weighted by atomic mass is 10.4. The van der Waals surface area contributed by atoms with Crippen LogP contribution >= 0.6 is 23.1 Å². The van der Waals surface area contributed by atoms with Crippen LogP contribution in [0.25, 0.3) is 11.2 Å². The summed E-state index contributed by atoms with van der Waals surface area (Å²) < 4.78 is 0.759. The van der Waals surface area contributed by atoms with E-state index in [2.05, 4.69) is 40.8 Å². The van der Waals surface area contributed by atoms with Crippen LogP contribution in [0.4, 0.5) is 10.9 Å². The van der Waals surface area contributed by atoms with Crippen LogP contribution in [0.5, 0.6) is 0 Å². The van der Waals surface area contributed by atoms with Crippen molar-refractivity contribution >= 4 is 51.1 Å². The zero-order chi connectivity index (χ0) is 16.5. The molecule has 0 bridgehead atoms. The van der Waals surface area contributed by atoms with Crippen LogP contribution in [-0.2, 0) is 4.79 Å². The molecule has 0 unspecified atom stereocenters. The number of H-pyrrole nitrogens is 1. The van der Waals surface area contributed by atoms with E-state index in [1.165, 1.54) is 48.6 Å². The summed E-state index contributed by atoms with van der Waals surface area (Å²) in [5, 5.41) is 14.8. The highest BCUT2D eigenvalue weighted by atomic mass is 32.2. The second kappa shape index (κ2) is 6.32. The monoisotopic (exact) mass is 362 g/mol. The van der Waals surface area contributed by atoms with E-state index in [4.69, 9.17) is 0 Å². The molecule has 3 aromatic rings. The molecule has 0 radical (unpaired) electrons. The number of imidazole rings is 1. The Hall–Kier alpha value is -2.27. The number of thioether (sulfide) groups is 1. The van der Waals surface area contributed by atoms with Crippen molar-refractivity contribution in [2.75, 3.05) is 10.6 Å². The Morgan fingerprint density at radius 2 is 2.25 bits per heavy atom. The van der Waals surface area contributed by atoms with Crippen molar-refractivity contribution in [3.63, 3.8) is 0 Å². The molecular formula is C13H14N8OS2. The van der Waals surface area contributed by atoms with Crippen molar-refractivity contribution in [3.05, 3.63) is 12.7 Å². The minimum Gasteiger partial charge on any atom is -0.357 e. The Morgan fingerprint density at radius 1 is 1.38 bits per heavy atom. The fourth-order valence-electron chi connectivity index (χ4n) is 2.00. The van der Waals surface area contributed by atoms with Crippen LogP contribution in [0.3, 0.4) is 0 Å². The third kappa shape index (κ3) is 3.31. The van der Waals surface area contributed by atoms with Gasteiger partial charge in [0.15, 0.2) is 15.8 Å². The Balaban J connectivity index is 1.40. The summed E-state index contributed by atoms with van der Waals surface area (Å²) in [5.74, 6) is 0.254. The second-order valence-electron chi connectivity index (χ2n) is 5.36. The van der Waals surface area contributed by atoms with Crippen LogP contribution < -0.4 is 10.6 Å². The van der Waals surface area contributed by atoms with Crippen molar-refractivity contribution in [1.29, 1.82) is 0 Å². The molecule has 0 spiro atoms. The number of anilines is 2. The van der Waals surface area contributed by atoms with E-state index in [1.54, 1.807) is 0 Å².